The molecule has 0 aliphatic carbocycles. The van der Waals surface area contributed by atoms with Crippen molar-refractivity contribution < 1.29 is 23.8 Å². The first-order valence-corrected chi connectivity index (χ1v) is 14.8. The Morgan fingerprint density at radius 2 is 1.88 bits per heavy atom. The first-order valence-electron chi connectivity index (χ1n) is 14.8. The van der Waals surface area contributed by atoms with Crippen LogP contribution in [0.5, 0.6) is 5.75 Å². The Bertz CT molecular complexity index is 1660. The normalized spacial score (nSPS) is 13.5. The van der Waals surface area contributed by atoms with Crippen molar-refractivity contribution in [3.05, 3.63) is 95.3 Å². The third-order valence-electron chi connectivity index (χ3n) is 7.11. The molecule has 0 unspecified atom stereocenters. The third kappa shape index (κ3) is 7.25. The maximum atomic E-state index is 12.8. The molecule has 1 aliphatic heterocycles. The van der Waals surface area contributed by atoms with Crippen molar-refractivity contribution in [3.63, 3.8) is 0 Å². The number of rotatable bonds is 8. The van der Waals surface area contributed by atoms with Gasteiger partial charge in [0.1, 0.15) is 17.2 Å². The number of benzene rings is 2. The van der Waals surface area contributed by atoms with E-state index in [0.29, 0.717) is 32.0 Å². The molecule has 224 valence electrons. The van der Waals surface area contributed by atoms with Crippen molar-refractivity contribution in [1.29, 1.82) is 0 Å². The molecule has 0 saturated carbocycles. The maximum Gasteiger partial charge on any atom is 0.416 e. The predicted octanol–water partition coefficient (Wildman–Crippen LogP) is 7.11. The van der Waals surface area contributed by atoms with Crippen LogP contribution in [-0.4, -0.2) is 47.0 Å². The first-order chi connectivity index (χ1) is 20.6. The molecule has 0 fully saturated rings. The molecule has 1 aliphatic rings. The highest BCUT2D eigenvalue weighted by atomic mass is 16.6. The summed E-state index contributed by atoms with van der Waals surface area (Å²) in [6, 6.07) is 20.0. The summed E-state index contributed by atoms with van der Waals surface area (Å²) in [6.07, 6.45) is 5.49. The molecule has 2 aromatic heterocycles. The SMILES string of the molecule is CCOC(=O)/C=C(\c1cccc(C)c1)n1ccc2cc(OCCc3ccc4c(n3)N(C(=O)OC(C)(C)C)CCC4)ccc21. The second kappa shape index (κ2) is 12.7. The van der Waals surface area contributed by atoms with E-state index >= 15 is 0 Å². The number of anilines is 1. The highest BCUT2D eigenvalue weighted by Crippen LogP contribution is 2.29. The smallest absolute Gasteiger partial charge is 0.416 e. The molecule has 0 bridgehead atoms. The van der Waals surface area contributed by atoms with Gasteiger partial charge < -0.3 is 18.8 Å². The quantitative estimate of drug-likeness (QED) is 0.163. The number of carbonyl (C=O) groups excluding carboxylic acids is 2. The number of hydrogen-bond acceptors (Lipinski definition) is 6. The Hall–Kier alpha value is -4.59. The molecule has 1 amide bonds. The Balaban J connectivity index is 1.31. The van der Waals surface area contributed by atoms with Crippen molar-refractivity contribution in [3.8, 4) is 5.75 Å². The molecule has 0 radical (unpaired) electrons. The molecule has 8 nitrogen and oxygen atoms in total. The van der Waals surface area contributed by atoms with Gasteiger partial charge in [0.25, 0.3) is 0 Å². The van der Waals surface area contributed by atoms with Crippen LogP contribution in [0.15, 0.2) is 72.9 Å². The minimum absolute atomic E-state index is 0.312. The van der Waals surface area contributed by atoms with E-state index in [1.807, 2.05) is 87.0 Å². The van der Waals surface area contributed by atoms with Gasteiger partial charge in [-0.1, -0.05) is 29.8 Å². The fourth-order valence-electron chi connectivity index (χ4n) is 5.20. The van der Waals surface area contributed by atoms with E-state index in [1.54, 1.807) is 11.8 Å². The van der Waals surface area contributed by atoms with Crippen molar-refractivity contribution in [1.82, 2.24) is 9.55 Å². The van der Waals surface area contributed by atoms with Crippen LogP contribution in [0.2, 0.25) is 0 Å². The van der Waals surface area contributed by atoms with E-state index in [4.69, 9.17) is 19.2 Å². The van der Waals surface area contributed by atoms with Crippen LogP contribution < -0.4 is 9.64 Å². The van der Waals surface area contributed by atoms with Crippen molar-refractivity contribution in [2.24, 2.45) is 0 Å². The summed E-state index contributed by atoms with van der Waals surface area (Å²) < 4.78 is 19.0. The average Bonchev–Trinajstić information content (AvgIpc) is 3.38. The molecular formula is C35H39N3O5. The summed E-state index contributed by atoms with van der Waals surface area (Å²) in [5.74, 6) is 1.04. The van der Waals surface area contributed by atoms with Gasteiger partial charge in [0.2, 0.25) is 0 Å². The number of aromatic nitrogens is 2. The zero-order valence-corrected chi connectivity index (χ0v) is 25.6. The number of esters is 1. The Morgan fingerprint density at radius 3 is 2.65 bits per heavy atom. The fourth-order valence-corrected chi connectivity index (χ4v) is 5.20. The van der Waals surface area contributed by atoms with Gasteiger partial charge in [-0.05, 0) is 95.0 Å². The van der Waals surface area contributed by atoms with Gasteiger partial charge in [-0.15, -0.1) is 0 Å². The first kappa shape index (κ1) is 29.9. The average molecular weight is 582 g/mol. The standard InChI is InChI=1S/C35H39N3O5/c1-6-41-32(39)23-31(26-10-7-9-24(2)21-26)37-19-16-27-22-29(14-15-30(27)37)42-20-17-28-13-12-25-11-8-18-38(33(25)36-28)34(40)43-35(3,4)5/h7,9-10,12-16,19,21-23H,6,8,11,17-18,20H2,1-5H3/b31-23+. The fraction of sp³-hybridized carbons (Fsp3) is 0.343. The van der Waals surface area contributed by atoms with E-state index in [1.165, 1.54) is 6.08 Å². The zero-order chi connectivity index (χ0) is 30.6. The molecule has 0 N–H and O–H groups in total. The summed E-state index contributed by atoms with van der Waals surface area (Å²) in [5, 5.41) is 0.986. The van der Waals surface area contributed by atoms with Crippen LogP contribution in [0.4, 0.5) is 10.6 Å². The predicted molar refractivity (Wildman–Crippen MR) is 168 cm³/mol. The van der Waals surface area contributed by atoms with Crippen LogP contribution in [0.25, 0.3) is 16.6 Å². The largest absolute Gasteiger partial charge is 0.493 e. The molecule has 5 rings (SSSR count). The van der Waals surface area contributed by atoms with E-state index < -0.39 is 5.60 Å². The Kier molecular flexibility index (Phi) is 8.85. The van der Waals surface area contributed by atoms with Crippen molar-refractivity contribution >= 4 is 34.5 Å². The molecule has 8 heteroatoms. The Morgan fingerprint density at radius 1 is 1.05 bits per heavy atom. The summed E-state index contributed by atoms with van der Waals surface area (Å²) in [4.78, 5) is 31.7. The highest BCUT2D eigenvalue weighted by Gasteiger charge is 2.28. The number of amides is 1. The number of ether oxygens (including phenoxy) is 3. The molecule has 2 aromatic carbocycles. The number of carbonyl (C=O) groups is 2. The number of hydrogen-bond donors (Lipinski definition) is 0. The number of aryl methyl sites for hydroxylation is 2. The lowest BCUT2D eigenvalue weighted by Crippen LogP contribution is -2.40. The third-order valence-corrected chi connectivity index (χ3v) is 7.11. The maximum absolute atomic E-state index is 12.8. The van der Waals surface area contributed by atoms with Gasteiger partial charge in [0.15, 0.2) is 0 Å². The van der Waals surface area contributed by atoms with E-state index in [9.17, 15) is 9.59 Å². The molecule has 43 heavy (non-hydrogen) atoms. The highest BCUT2D eigenvalue weighted by molar-refractivity contribution is 5.95. The molecule has 3 heterocycles. The van der Waals surface area contributed by atoms with Crippen molar-refractivity contribution in [2.75, 3.05) is 24.7 Å². The second-order valence-corrected chi connectivity index (χ2v) is 11.7. The van der Waals surface area contributed by atoms with Gasteiger partial charge >= 0.3 is 12.1 Å². The van der Waals surface area contributed by atoms with E-state index in [2.05, 4.69) is 12.1 Å². The molecule has 4 aromatic rings. The topological polar surface area (TPSA) is 82.9 Å². The van der Waals surface area contributed by atoms with Crippen LogP contribution in [0.1, 0.15) is 56.5 Å². The summed E-state index contributed by atoms with van der Waals surface area (Å²) >= 11 is 0. The molecule has 0 saturated heterocycles. The molecule has 0 spiro atoms. The summed E-state index contributed by atoms with van der Waals surface area (Å²) in [6.45, 7) is 10.8. The zero-order valence-electron chi connectivity index (χ0n) is 25.6. The minimum atomic E-state index is -0.568. The van der Waals surface area contributed by atoms with Crippen LogP contribution in [0, 0.1) is 6.92 Å². The second-order valence-electron chi connectivity index (χ2n) is 11.7. The van der Waals surface area contributed by atoms with Gasteiger partial charge in [-0.25, -0.2) is 14.6 Å². The monoisotopic (exact) mass is 581 g/mol. The van der Waals surface area contributed by atoms with Crippen LogP contribution >= 0.6 is 0 Å². The van der Waals surface area contributed by atoms with Gasteiger partial charge in [0.05, 0.1) is 24.4 Å². The number of nitrogens with zero attached hydrogens (tertiary/aromatic N) is 3. The van der Waals surface area contributed by atoms with Crippen LogP contribution in [0.3, 0.4) is 0 Å². The lowest BCUT2D eigenvalue weighted by Gasteiger charge is -2.31. The Labute approximate surface area is 252 Å². The van der Waals surface area contributed by atoms with Gasteiger partial charge in [-0.3, -0.25) is 4.90 Å². The number of pyridine rings is 1. The summed E-state index contributed by atoms with van der Waals surface area (Å²) in [7, 11) is 0. The summed E-state index contributed by atoms with van der Waals surface area (Å²) in [5.41, 5.74) is 5.06. The molecular weight excluding hydrogens is 542 g/mol. The van der Waals surface area contributed by atoms with Gasteiger partial charge in [-0.2, -0.15) is 0 Å². The van der Waals surface area contributed by atoms with Crippen molar-refractivity contribution in [2.45, 2.75) is 59.5 Å². The lowest BCUT2D eigenvalue weighted by atomic mass is 10.1. The minimum Gasteiger partial charge on any atom is -0.493 e. The lowest BCUT2D eigenvalue weighted by molar-refractivity contribution is -0.137. The van der Waals surface area contributed by atoms with E-state index in [0.717, 1.165) is 57.6 Å². The van der Waals surface area contributed by atoms with E-state index in [-0.39, 0.29) is 12.1 Å². The molecule has 0 atom stereocenters. The van der Waals surface area contributed by atoms with Gasteiger partial charge in [0, 0.05) is 36.3 Å². The number of fused-ring (bicyclic) bond motifs is 2. The van der Waals surface area contributed by atoms with Crippen LogP contribution in [-0.2, 0) is 27.1 Å².